The van der Waals surface area contributed by atoms with Crippen molar-refractivity contribution in [3.63, 3.8) is 0 Å². The van der Waals surface area contributed by atoms with E-state index in [4.69, 9.17) is 0 Å². The Morgan fingerprint density at radius 1 is 0.939 bits per heavy atom. The Hall–Kier alpha value is -3.12. The number of nitrogens with one attached hydrogen (secondary N) is 2. The summed E-state index contributed by atoms with van der Waals surface area (Å²) in [6, 6.07) is 19.7. The van der Waals surface area contributed by atoms with Gasteiger partial charge in [-0.3, -0.25) is 9.52 Å². The van der Waals surface area contributed by atoms with Crippen molar-refractivity contribution in [1.82, 2.24) is 5.32 Å². The lowest BCUT2D eigenvalue weighted by Gasteiger charge is -2.22. The first-order valence-electron chi connectivity index (χ1n) is 11.5. The summed E-state index contributed by atoms with van der Waals surface area (Å²) in [4.78, 5) is 13.3. The first kappa shape index (κ1) is 23.1. The van der Waals surface area contributed by atoms with E-state index in [1.54, 1.807) is 48.5 Å². The highest BCUT2D eigenvalue weighted by Crippen LogP contribution is 2.27. The molecule has 33 heavy (non-hydrogen) atoms. The number of carbonyl (C=O) groups excluding carboxylic acids is 1. The fraction of sp³-hybridized carbons (Fsp3) is 0.296. The van der Waals surface area contributed by atoms with Crippen LogP contribution in [0.5, 0.6) is 0 Å². The highest BCUT2D eigenvalue weighted by molar-refractivity contribution is 7.92. The number of rotatable bonds is 7. The molecule has 2 N–H and O–H groups in total. The Balaban J connectivity index is 1.53. The van der Waals surface area contributed by atoms with Gasteiger partial charge in [-0.15, -0.1) is 0 Å². The number of hydrogen-bond acceptors (Lipinski definition) is 3. The topological polar surface area (TPSA) is 75.3 Å². The molecule has 4 rings (SSSR count). The van der Waals surface area contributed by atoms with E-state index in [1.165, 1.54) is 24.0 Å². The minimum absolute atomic E-state index is 0.101. The third kappa shape index (κ3) is 5.28. The normalized spacial score (nSPS) is 14.2. The summed E-state index contributed by atoms with van der Waals surface area (Å²) < 4.78 is 28.1. The van der Waals surface area contributed by atoms with Crippen LogP contribution in [0, 0.1) is 6.92 Å². The average Bonchev–Trinajstić information content (AvgIpc) is 2.84. The lowest BCUT2D eigenvalue weighted by atomic mass is 9.88. The van der Waals surface area contributed by atoms with Gasteiger partial charge >= 0.3 is 0 Å². The molecule has 5 nitrogen and oxygen atoms in total. The summed E-state index contributed by atoms with van der Waals surface area (Å²) in [6.45, 7) is 3.87. The minimum atomic E-state index is -3.74. The maximum Gasteiger partial charge on any atom is 0.261 e. The molecule has 0 aromatic heterocycles. The first-order valence-corrected chi connectivity index (χ1v) is 13.0. The van der Waals surface area contributed by atoms with E-state index >= 15 is 0 Å². The van der Waals surface area contributed by atoms with Gasteiger partial charge in [0.25, 0.3) is 15.9 Å². The second-order valence-electron chi connectivity index (χ2n) is 8.62. The number of anilines is 1. The molecule has 0 spiro atoms. The minimum Gasteiger partial charge on any atom is -0.345 e. The second-order valence-corrected chi connectivity index (χ2v) is 10.3. The fourth-order valence-corrected chi connectivity index (χ4v) is 5.45. The van der Waals surface area contributed by atoms with Gasteiger partial charge in [0.15, 0.2) is 0 Å². The molecule has 6 heteroatoms. The van der Waals surface area contributed by atoms with E-state index in [1.807, 2.05) is 6.92 Å². The largest absolute Gasteiger partial charge is 0.345 e. The van der Waals surface area contributed by atoms with Crippen molar-refractivity contribution in [2.24, 2.45) is 0 Å². The van der Waals surface area contributed by atoms with Gasteiger partial charge in [0.2, 0.25) is 0 Å². The number of benzene rings is 3. The van der Waals surface area contributed by atoms with Gasteiger partial charge in [0, 0.05) is 5.56 Å². The Labute approximate surface area is 196 Å². The van der Waals surface area contributed by atoms with E-state index < -0.39 is 10.0 Å². The quantitative estimate of drug-likeness (QED) is 0.483. The smallest absolute Gasteiger partial charge is 0.261 e. The van der Waals surface area contributed by atoms with Crippen LogP contribution in [0.2, 0.25) is 0 Å². The predicted molar refractivity (Wildman–Crippen MR) is 132 cm³/mol. The predicted octanol–water partition coefficient (Wildman–Crippen LogP) is 5.56. The van der Waals surface area contributed by atoms with Crippen LogP contribution in [-0.4, -0.2) is 14.3 Å². The van der Waals surface area contributed by atoms with Crippen molar-refractivity contribution in [1.29, 1.82) is 0 Å². The molecule has 0 saturated carbocycles. The van der Waals surface area contributed by atoms with Crippen LogP contribution in [0.3, 0.4) is 0 Å². The Bertz CT molecular complexity index is 1250. The summed E-state index contributed by atoms with van der Waals surface area (Å²) in [7, 11) is -3.74. The van der Waals surface area contributed by atoms with Gasteiger partial charge in [-0.25, -0.2) is 8.42 Å². The summed E-state index contributed by atoms with van der Waals surface area (Å²) in [6.07, 6.45) is 5.44. The van der Waals surface area contributed by atoms with Crippen LogP contribution >= 0.6 is 0 Å². The number of carbonyl (C=O) groups is 1. The molecule has 0 radical (unpaired) electrons. The number of amides is 1. The van der Waals surface area contributed by atoms with Crippen LogP contribution in [-0.2, 0) is 22.9 Å². The fourth-order valence-electron chi connectivity index (χ4n) is 4.31. The standard InChI is InChI=1S/C27H30N2O3S/c1-3-25(22-16-15-20-9-7-8-10-21(20)17-22)28-27(30)23-14-13-19(2)26(18-23)29-33(31,32)24-11-5-4-6-12-24/h4-6,11-18,25,29H,3,7-10H2,1-2H3,(H,28,30). The van der Waals surface area contributed by atoms with Crippen LogP contribution in [0.4, 0.5) is 5.69 Å². The zero-order valence-electron chi connectivity index (χ0n) is 19.1. The van der Waals surface area contributed by atoms with Crippen LogP contribution in [0.1, 0.15) is 64.8 Å². The SMILES string of the molecule is CCC(NC(=O)c1ccc(C)c(NS(=O)(=O)c2ccccc2)c1)c1ccc2c(c1)CCCC2. The molecular formula is C27H30N2O3S. The van der Waals surface area contributed by atoms with Gasteiger partial charge < -0.3 is 5.32 Å². The Kier molecular flexibility index (Phi) is 6.84. The monoisotopic (exact) mass is 462 g/mol. The molecule has 3 aromatic carbocycles. The molecule has 0 saturated heterocycles. The van der Waals surface area contributed by atoms with Gasteiger partial charge in [-0.05, 0) is 85.5 Å². The Morgan fingerprint density at radius 3 is 2.39 bits per heavy atom. The second kappa shape index (κ2) is 9.79. The zero-order valence-corrected chi connectivity index (χ0v) is 19.9. The molecule has 1 aliphatic rings. The first-order chi connectivity index (χ1) is 15.9. The lowest BCUT2D eigenvalue weighted by Crippen LogP contribution is -2.28. The molecule has 1 unspecified atom stereocenters. The van der Waals surface area contributed by atoms with E-state index in [2.05, 4.69) is 35.2 Å². The van der Waals surface area contributed by atoms with Crippen LogP contribution < -0.4 is 10.0 Å². The number of hydrogen-bond donors (Lipinski definition) is 2. The summed E-state index contributed by atoms with van der Waals surface area (Å²) >= 11 is 0. The maximum atomic E-state index is 13.1. The van der Waals surface area contributed by atoms with E-state index in [9.17, 15) is 13.2 Å². The molecule has 172 valence electrons. The highest BCUT2D eigenvalue weighted by atomic mass is 32.2. The number of fused-ring (bicyclic) bond motifs is 1. The van der Waals surface area contributed by atoms with Gasteiger partial charge in [-0.2, -0.15) is 0 Å². The maximum absolute atomic E-state index is 13.1. The van der Waals surface area contributed by atoms with Crippen LogP contribution in [0.25, 0.3) is 0 Å². The van der Waals surface area contributed by atoms with E-state index in [0.29, 0.717) is 11.3 Å². The van der Waals surface area contributed by atoms with Crippen molar-refractivity contribution in [2.75, 3.05) is 4.72 Å². The summed E-state index contributed by atoms with van der Waals surface area (Å²) in [5, 5.41) is 3.13. The number of aryl methyl sites for hydroxylation is 3. The molecule has 1 amide bonds. The van der Waals surface area contributed by atoms with Gasteiger partial charge in [0.1, 0.15) is 0 Å². The summed E-state index contributed by atoms with van der Waals surface area (Å²) in [5.41, 5.74) is 5.48. The lowest BCUT2D eigenvalue weighted by molar-refractivity contribution is 0.0935. The van der Waals surface area contributed by atoms with Crippen molar-refractivity contribution in [3.05, 3.63) is 94.5 Å². The van der Waals surface area contributed by atoms with Crippen molar-refractivity contribution < 1.29 is 13.2 Å². The molecule has 0 heterocycles. The van der Waals surface area contributed by atoms with Gasteiger partial charge in [-0.1, -0.05) is 49.4 Å². The zero-order chi connectivity index (χ0) is 23.4. The van der Waals surface area contributed by atoms with E-state index in [0.717, 1.165) is 30.4 Å². The van der Waals surface area contributed by atoms with Gasteiger partial charge in [0.05, 0.1) is 16.6 Å². The third-order valence-electron chi connectivity index (χ3n) is 6.29. The molecule has 0 fully saturated rings. The van der Waals surface area contributed by atoms with Crippen LogP contribution in [0.15, 0.2) is 71.6 Å². The summed E-state index contributed by atoms with van der Waals surface area (Å²) in [5.74, 6) is -0.222. The number of sulfonamides is 1. The molecule has 1 atom stereocenters. The molecule has 1 aliphatic carbocycles. The van der Waals surface area contributed by atoms with Crippen molar-refractivity contribution in [3.8, 4) is 0 Å². The van der Waals surface area contributed by atoms with E-state index in [-0.39, 0.29) is 16.8 Å². The highest BCUT2D eigenvalue weighted by Gasteiger charge is 2.19. The molecule has 3 aromatic rings. The molecular weight excluding hydrogens is 432 g/mol. The molecule has 0 aliphatic heterocycles. The van der Waals surface area contributed by atoms with Crippen molar-refractivity contribution >= 4 is 21.6 Å². The Morgan fingerprint density at radius 2 is 1.67 bits per heavy atom. The molecule has 0 bridgehead atoms. The third-order valence-corrected chi connectivity index (χ3v) is 7.67. The average molecular weight is 463 g/mol. The van der Waals surface area contributed by atoms with Crippen molar-refractivity contribution in [2.45, 2.75) is 56.9 Å².